The maximum absolute atomic E-state index is 3.55. The minimum atomic E-state index is 0.705. The molecule has 0 aromatic rings. The molecule has 0 radical (unpaired) electrons. The molecule has 84 valence electrons. The summed E-state index contributed by atoms with van der Waals surface area (Å²) in [6.07, 6.45) is 4.06. The molecule has 0 bridgehead atoms. The van der Waals surface area contributed by atoms with Gasteiger partial charge >= 0.3 is 0 Å². The molecule has 2 atom stereocenters. The topological polar surface area (TPSA) is 15.3 Å². The average Bonchev–Trinajstić information content (AvgIpc) is 2.65. The van der Waals surface area contributed by atoms with Gasteiger partial charge in [-0.2, -0.15) is 0 Å². The van der Waals surface area contributed by atoms with Gasteiger partial charge in [0.25, 0.3) is 0 Å². The Morgan fingerprint density at radius 3 is 2.57 bits per heavy atom. The molecule has 0 aliphatic carbocycles. The third kappa shape index (κ3) is 3.58. The summed E-state index contributed by atoms with van der Waals surface area (Å²) in [7, 11) is 2.25. The van der Waals surface area contributed by atoms with Gasteiger partial charge in [0.15, 0.2) is 0 Å². The monoisotopic (exact) mass is 198 g/mol. The van der Waals surface area contributed by atoms with Crippen LogP contribution < -0.4 is 5.32 Å². The standard InChI is InChI=1S/C12H26N2/c1-10(2)11(3)14(4)9-7-12-6-5-8-13-12/h10-13H,5-9H2,1-4H3. The maximum Gasteiger partial charge on any atom is 0.00868 e. The van der Waals surface area contributed by atoms with Crippen molar-refractivity contribution in [1.29, 1.82) is 0 Å². The molecular weight excluding hydrogens is 172 g/mol. The lowest BCUT2D eigenvalue weighted by Gasteiger charge is -2.28. The fraction of sp³-hybridized carbons (Fsp3) is 1.00. The molecule has 2 unspecified atom stereocenters. The van der Waals surface area contributed by atoms with Crippen LogP contribution in [0.3, 0.4) is 0 Å². The molecule has 1 aliphatic rings. The zero-order valence-electron chi connectivity index (χ0n) is 10.2. The number of hydrogen-bond donors (Lipinski definition) is 1. The highest BCUT2D eigenvalue weighted by molar-refractivity contribution is 4.76. The molecular formula is C12H26N2. The van der Waals surface area contributed by atoms with Crippen molar-refractivity contribution in [2.24, 2.45) is 5.92 Å². The van der Waals surface area contributed by atoms with Gasteiger partial charge in [0.05, 0.1) is 0 Å². The van der Waals surface area contributed by atoms with Crippen LogP contribution in [0.5, 0.6) is 0 Å². The van der Waals surface area contributed by atoms with Crippen molar-refractivity contribution in [3.8, 4) is 0 Å². The molecule has 0 aromatic carbocycles. The molecule has 1 N–H and O–H groups in total. The largest absolute Gasteiger partial charge is 0.314 e. The van der Waals surface area contributed by atoms with Crippen LogP contribution in [0.4, 0.5) is 0 Å². The van der Waals surface area contributed by atoms with Crippen molar-refractivity contribution in [3.63, 3.8) is 0 Å². The van der Waals surface area contributed by atoms with E-state index in [1.165, 1.54) is 32.4 Å². The molecule has 14 heavy (non-hydrogen) atoms. The second-order valence-corrected chi connectivity index (χ2v) is 5.05. The van der Waals surface area contributed by atoms with Gasteiger partial charge in [0, 0.05) is 12.1 Å². The fourth-order valence-corrected chi connectivity index (χ4v) is 2.08. The first-order chi connectivity index (χ1) is 6.61. The van der Waals surface area contributed by atoms with Crippen LogP contribution in [0.25, 0.3) is 0 Å². The summed E-state index contributed by atoms with van der Waals surface area (Å²) in [5.41, 5.74) is 0. The Morgan fingerprint density at radius 1 is 1.36 bits per heavy atom. The van der Waals surface area contributed by atoms with E-state index in [1.54, 1.807) is 0 Å². The van der Waals surface area contributed by atoms with Gasteiger partial charge in [-0.15, -0.1) is 0 Å². The molecule has 0 saturated carbocycles. The predicted octanol–water partition coefficient (Wildman–Crippen LogP) is 2.10. The average molecular weight is 198 g/mol. The van der Waals surface area contributed by atoms with Gasteiger partial charge in [0.2, 0.25) is 0 Å². The first-order valence-corrected chi connectivity index (χ1v) is 6.05. The van der Waals surface area contributed by atoms with Crippen molar-refractivity contribution in [2.75, 3.05) is 20.1 Å². The quantitative estimate of drug-likeness (QED) is 0.728. The zero-order chi connectivity index (χ0) is 10.6. The molecule has 1 saturated heterocycles. The Bertz CT molecular complexity index is 150. The Balaban J connectivity index is 2.16. The fourth-order valence-electron chi connectivity index (χ4n) is 2.08. The molecule has 1 heterocycles. The van der Waals surface area contributed by atoms with E-state index in [0.717, 1.165) is 12.0 Å². The summed E-state index contributed by atoms with van der Waals surface area (Å²) in [5.74, 6) is 0.761. The molecule has 2 nitrogen and oxygen atoms in total. The van der Waals surface area contributed by atoms with E-state index in [2.05, 4.69) is 38.0 Å². The van der Waals surface area contributed by atoms with Crippen LogP contribution in [-0.4, -0.2) is 37.1 Å². The second kappa shape index (κ2) is 5.72. The SMILES string of the molecule is CC(C)C(C)N(C)CCC1CCCN1. The third-order valence-electron chi connectivity index (χ3n) is 3.65. The zero-order valence-corrected chi connectivity index (χ0v) is 10.2. The van der Waals surface area contributed by atoms with Crippen LogP contribution in [0.2, 0.25) is 0 Å². The lowest BCUT2D eigenvalue weighted by molar-refractivity contribution is 0.200. The van der Waals surface area contributed by atoms with Crippen LogP contribution in [0, 0.1) is 5.92 Å². The summed E-state index contributed by atoms with van der Waals surface area (Å²) in [4.78, 5) is 2.49. The minimum absolute atomic E-state index is 0.705. The summed E-state index contributed by atoms with van der Waals surface area (Å²) in [6, 6.07) is 1.49. The van der Waals surface area contributed by atoms with Crippen molar-refractivity contribution >= 4 is 0 Å². The van der Waals surface area contributed by atoms with E-state index in [0.29, 0.717) is 6.04 Å². The summed E-state index contributed by atoms with van der Waals surface area (Å²) < 4.78 is 0. The van der Waals surface area contributed by atoms with E-state index in [9.17, 15) is 0 Å². The highest BCUT2D eigenvalue weighted by Gasteiger charge is 2.17. The van der Waals surface area contributed by atoms with Crippen LogP contribution >= 0.6 is 0 Å². The van der Waals surface area contributed by atoms with Crippen molar-refractivity contribution in [3.05, 3.63) is 0 Å². The van der Waals surface area contributed by atoms with Gasteiger partial charge in [-0.1, -0.05) is 13.8 Å². The first kappa shape index (κ1) is 12.0. The summed E-state index contributed by atoms with van der Waals surface area (Å²) in [5, 5.41) is 3.55. The van der Waals surface area contributed by atoms with Gasteiger partial charge in [-0.05, 0) is 52.2 Å². The highest BCUT2D eigenvalue weighted by Crippen LogP contribution is 2.12. The molecule has 1 aliphatic heterocycles. The number of nitrogens with zero attached hydrogens (tertiary/aromatic N) is 1. The van der Waals surface area contributed by atoms with Crippen LogP contribution in [-0.2, 0) is 0 Å². The van der Waals surface area contributed by atoms with E-state index >= 15 is 0 Å². The Labute approximate surface area is 89.1 Å². The van der Waals surface area contributed by atoms with Gasteiger partial charge in [0.1, 0.15) is 0 Å². The van der Waals surface area contributed by atoms with Crippen LogP contribution in [0.1, 0.15) is 40.0 Å². The van der Waals surface area contributed by atoms with Crippen molar-refractivity contribution in [1.82, 2.24) is 10.2 Å². The maximum atomic E-state index is 3.55. The Hall–Kier alpha value is -0.0800. The lowest BCUT2D eigenvalue weighted by Crippen LogP contribution is -2.36. The summed E-state index contributed by atoms with van der Waals surface area (Å²) >= 11 is 0. The number of rotatable bonds is 5. The lowest BCUT2D eigenvalue weighted by atomic mass is 10.0. The molecule has 0 aromatic heterocycles. The third-order valence-corrected chi connectivity index (χ3v) is 3.65. The van der Waals surface area contributed by atoms with Gasteiger partial charge < -0.3 is 10.2 Å². The number of hydrogen-bond acceptors (Lipinski definition) is 2. The van der Waals surface area contributed by atoms with E-state index in [1.807, 2.05) is 0 Å². The molecule has 1 fully saturated rings. The molecule has 1 rings (SSSR count). The molecule has 0 amide bonds. The van der Waals surface area contributed by atoms with Crippen LogP contribution in [0.15, 0.2) is 0 Å². The number of nitrogens with one attached hydrogen (secondary N) is 1. The first-order valence-electron chi connectivity index (χ1n) is 6.05. The van der Waals surface area contributed by atoms with Crippen molar-refractivity contribution < 1.29 is 0 Å². The normalized spacial score (nSPS) is 24.9. The highest BCUT2D eigenvalue weighted by atomic mass is 15.1. The summed E-state index contributed by atoms with van der Waals surface area (Å²) in [6.45, 7) is 9.39. The Kier molecular flexibility index (Phi) is 4.90. The van der Waals surface area contributed by atoms with Gasteiger partial charge in [-0.3, -0.25) is 0 Å². The second-order valence-electron chi connectivity index (χ2n) is 5.05. The van der Waals surface area contributed by atoms with Crippen molar-refractivity contribution in [2.45, 2.75) is 52.1 Å². The van der Waals surface area contributed by atoms with E-state index < -0.39 is 0 Å². The van der Waals surface area contributed by atoms with E-state index in [-0.39, 0.29) is 0 Å². The minimum Gasteiger partial charge on any atom is -0.314 e. The molecule has 2 heteroatoms. The van der Waals surface area contributed by atoms with E-state index in [4.69, 9.17) is 0 Å². The Morgan fingerprint density at radius 2 is 2.07 bits per heavy atom. The predicted molar refractivity (Wildman–Crippen MR) is 62.6 cm³/mol. The smallest absolute Gasteiger partial charge is 0.00868 e. The molecule has 0 spiro atoms. The van der Waals surface area contributed by atoms with Gasteiger partial charge in [-0.25, -0.2) is 0 Å².